The molecule has 2 bridgehead atoms. The Morgan fingerprint density at radius 1 is 1.17 bits per heavy atom. The second-order valence-corrected chi connectivity index (χ2v) is 13.7. The van der Waals surface area contributed by atoms with Gasteiger partial charge in [0, 0.05) is 36.3 Å². The highest BCUT2D eigenvalue weighted by molar-refractivity contribution is 8.02. The molecule has 3 aliphatic heterocycles. The zero-order valence-corrected chi connectivity index (χ0v) is 26.5. The first-order valence-electron chi connectivity index (χ1n) is 15.3. The minimum absolute atomic E-state index is 0.0119. The molecule has 7 atom stereocenters. The highest BCUT2D eigenvalue weighted by Crippen LogP contribution is 2.69. The molecule has 3 saturated heterocycles. The van der Waals surface area contributed by atoms with Crippen molar-refractivity contribution in [1.29, 1.82) is 0 Å². The number of ether oxygens (including phenoxy) is 1. The second-order valence-electron chi connectivity index (χ2n) is 12.1. The van der Waals surface area contributed by atoms with Gasteiger partial charge in [-0.2, -0.15) is 0 Å². The van der Waals surface area contributed by atoms with Crippen LogP contribution in [-0.4, -0.2) is 82.7 Å². The number of rotatable bonds is 14. The van der Waals surface area contributed by atoms with Crippen LogP contribution >= 0.6 is 11.8 Å². The molecule has 3 fully saturated rings. The van der Waals surface area contributed by atoms with Crippen LogP contribution in [0.4, 0.5) is 11.4 Å². The topological polar surface area (TPSA) is 90.4 Å². The van der Waals surface area contributed by atoms with E-state index in [0.29, 0.717) is 12.8 Å². The quantitative estimate of drug-likeness (QED) is 0.249. The molecule has 0 aliphatic carbocycles. The molecule has 1 aromatic carbocycles. The van der Waals surface area contributed by atoms with Gasteiger partial charge < -0.3 is 24.5 Å². The Balaban J connectivity index is 1.81. The molecule has 3 aliphatic rings. The van der Waals surface area contributed by atoms with Gasteiger partial charge in [0.25, 0.3) is 5.91 Å². The number of thioether (sulfide) groups is 1. The van der Waals surface area contributed by atoms with E-state index < -0.39 is 34.6 Å². The van der Waals surface area contributed by atoms with E-state index in [9.17, 15) is 19.5 Å². The summed E-state index contributed by atoms with van der Waals surface area (Å²) >= 11 is 1.61. The minimum Gasteiger partial charge on any atom is -0.461 e. The van der Waals surface area contributed by atoms with Crippen molar-refractivity contribution in [2.45, 2.75) is 69.5 Å². The number of esters is 1. The predicted octanol–water partition coefficient (Wildman–Crippen LogP) is 4.53. The van der Waals surface area contributed by atoms with Gasteiger partial charge in [-0.3, -0.25) is 14.4 Å². The molecule has 0 radical (unpaired) electrons. The number of amides is 2. The molecule has 230 valence electrons. The van der Waals surface area contributed by atoms with Gasteiger partial charge in [-0.15, -0.1) is 18.3 Å². The van der Waals surface area contributed by atoms with Crippen LogP contribution in [0.15, 0.2) is 49.6 Å². The molecule has 4 rings (SSSR count). The number of nitrogens with zero attached hydrogens (tertiary/aromatic N) is 3. The van der Waals surface area contributed by atoms with E-state index in [2.05, 4.69) is 38.8 Å². The molecule has 8 nitrogen and oxygen atoms in total. The van der Waals surface area contributed by atoms with Crippen LogP contribution in [0.1, 0.15) is 47.5 Å². The normalized spacial score (nSPS) is 28.5. The Morgan fingerprint density at radius 2 is 1.81 bits per heavy atom. The predicted molar refractivity (Wildman–Crippen MR) is 170 cm³/mol. The lowest BCUT2D eigenvalue weighted by Crippen LogP contribution is -2.59. The average molecular weight is 598 g/mol. The summed E-state index contributed by atoms with van der Waals surface area (Å²) in [5.74, 6) is -1.98. The molecular formula is C33H47N3O5S. The summed E-state index contributed by atoms with van der Waals surface area (Å²) < 4.78 is 4.70. The Bertz CT molecular complexity index is 1170. The second kappa shape index (κ2) is 13.2. The molecule has 9 heteroatoms. The van der Waals surface area contributed by atoms with Crippen LogP contribution in [0, 0.1) is 23.7 Å². The van der Waals surface area contributed by atoms with Crippen molar-refractivity contribution in [3.05, 3.63) is 49.6 Å². The number of carbonyl (C=O) groups excluding carboxylic acids is 3. The van der Waals surface area contributed by atoms with Crippen molar-refractivity contribution in [3.8, 4) is 0 Å². The summed E-state index contributed by atoms with van der Waals surface area (Å²) in [7, 11) is 0. The Morgan fingerprint density at radius 3 is 2.36 bits per heavy atom. The smallest absolute Gasteiger partial charge is 0.311 e. The molecule has 1 aromatic rings. The number of benzene rings is 1. The lowest BCUT2D eigenvalue weighted by molar-refractivity contribution is -0.154. The summed E-state index contributed by atoms with van der Waals surface area (Å²) in [5, 5.41) is 10.5. The zero-order valence-electron chi connectivity index (χ0n) is 25.7. The number of hydrogen-bond acceptors (Lipinski definition) is 7. The maximum Gasteiger partial charge on any atom is 0.311 e. The lowest BCUT2D eigenvalue weighted by Gasteiger charge is -2.42. The highest BCUT2D eigenvalue weighted by Gasteiger charge is 2.77. The van der Waals surface area contributed by atoms with Crippen molar-refractivity contribution in [3.63, 3.8) is 0 Å². The number of anilines is 2. The Labute approximate surface area is 255 Å². The van der Waals surface area contributed by atoms with Crippen LogP contribution in [0.3, 0.4) is 0 Å². The number of fused-ring (bicyclic) bond motifs is 1. The van der Waals surface area contributed by atoms with E-state index in [4.69, 9.17) is 4.74 Å². The SMILES string of the molecule is C=CCOC(=O)[C@@H]1[C@H]2C(=O)N([C@@H](CO)CC(C)C)C(C(=O)N(CC=C)c3ccc(N(CC)CC)cc3)C23S[C@@H]1CC3C. The van der Waals surface area contributed by atoms with Crippen molar-refractivity contribution in [2.24, 2.45) is 23.7 Å². The first kappa shape index (κ1) is 32.1. The fraction of sp³-hybridized carbons (Fsp3) is 0.606. The Hall–Kier alpha value is -2.78. The van der Waals surface area contributed by atoms with E-state index in [-0.39, 0.29) is 48.7 Å². The summed E-state index contributed by atoms with van der Waals surface area (Å²) in [4.78, 5) is 48.3. The number of aliphatic hydroxyl groups excluding tert-OH is 1. The van der Waals surface area contributed by atoms with Gasteiger partial charge in [-0.05, 0) is 62.8 Å². The standard InChI is InChI=1S/C33H47N3O5S/c1-8-16-35(24-14-12-23(13-15-24)34(10-3)11-4)31(39)29-33-22(7)19-26(42-33)27(32(40)41-17-9-2)28(33)30(38)36(29)25(20-37)18-21(5)6/h8-9,12-15,21-22,25-29,37H,1-2,10-11,16-20H2,3-7H3/t22?,25-,26-,27+,28+,29?,33?/m1/s1. The maximum atomic E-state index is 14.9. The van der Waals surface area contributed by atoms with Crippen molar-refractivity contribution in [1.82, 2.24) is 4.90 Å². The molecular weight excluding hydrogens is 550 g/mol. The van der Waals surface area contributed by atoms with E-state index in [1.807, 2.05) is 38.1 Å². The number of aliphatic hydroxyl groups is 1. The fourth-order valence-corrected chi connectivity index (χ4v) is 9.88. The largest absolute Gasteiger partial charge is 0.461 e. The van der Waals surface area contributed by atoms with E-state index >= 15 is 0 Å². The van der Waals surface area contributed by atoms with E-state index in [1.165, 1.54) is 6.08 Å². The third-order valence-corrected chi connectivity index (χ3v) is 11.3. The lowest BCUT2D eigenvalue weighted by atomic mass is 9.66. The minimum atomic E-state index is -0.837. The third-order valence-electron chi connectivity index (χ3n) is 9.25. The third kappa shape index (κ3) is 5.39. The first-order chi connectivity index (χ1) is 20.1. The van der Waals surface area contributed by atoms with Crippen molar-refractivity contribution < 1.29 is 24.2 Å². The van der Waals surface area contributed by atoms with Crippen molar-refractivity contribution in [2.75, 3.05) is 42.6 Å². The van der Waals surface area contributed by atoms with Crippen LogP contribution in [0.2, 0.25) is 0 Å². The maximum absolute atomic E-state index is 14.9. The van der Waals surface area contributed by atoms with Crippen LogP contribution in [0.5, 0.6) is 0 Å². The van der Waals surface area contributed by atoms with Crippen molar-refractivity contribution >= 4 is 40.9 Å². The molecule has 3 unspecified atom stereocenters. The molecule has 1 spiro atoms. The summed E-state index contributed by atoms with van der Waals surface area (Å²) in [6, 6.07) is 6.55. The summed E-state index contributed by atoms with van der Waals surface area (Å²) in [6.45, 7) is 19.8. The van der Waals surface area contributed by atoms with Gasteiger partial charge >= 0.3 is 5.97 Å². The van der Waals surface area contributed by atoms with Gasteiger partial charge in [0.1, 0.15) is 12.6 Å². The molecule has 42 heavy (non-hydrogen) atoms. The molecule has 2 amide bonds. The van der Waals surface area contributed by atoms with E-state index in [1.54, 1.807) is 27.6 Å². The molecule has 0 aromatic heterocycles. The average Bonchev–Trinajstić information content (AvgIpc) is 3.57. The van der Waals surface area contributed by atoms with Gasteiger partial charge in [-0.25, -0.2) is 0 Å². The number of likely N-dealkylation sites (tertiary alicyclic amines) is 1. The fourth-order valence-electron chi connectivity index (χ4n) is 7.49. The van der Waals surface area contributed by atoms with E-state index in [0.717, 1.165) is 24.5 Å². The number of hydrogen-bond donors (Lipinski definition) is 1. The van der Waals surface area contributed by atoms with Gasteiger partial charge in [-0.1, -0.05) is 39.5 Å². The molecule has 0 saturated carbocycles. The highest BCUT2D eigenvalue weighted by atomic mass is 32.2. The molecule has 3 heterocycles. The molecule has 1 N–H and O–H groups in total. The van der Waals surface area contributed by atoms with Crippen LogP contribution in [-0.2, 0) is 19.1 Å². The Kier molecular flexibility index (Phi) is 10.1. The monoisotopic (exact) mass is 597 g/mol. The van der Waals surface area contributed by atoms with Gasteiger partial charge in [0.15, 0.2) is 0 Å². The summed E-state index contributed by atoms with van der Waals surface area (Å²) in [5.41, 5.74) is 1.79. The first-order valence-corrected chi connectivity index (χ1v) is 16.1. The van der Waals surface area contributed by atoms with Gasteiger partial charge in [0.2, 0.25) is 5.91 Å². The zero-order chi connectivity index (χ0) is 30.8. The van der Waals surface area contributed by atoms with Gasteiger partial charge in [0.05, 0.1) is 29.2 Å². The van der Waals surface area contributed by atoms with Crippen LogP contribution in [0.25, 0.3) is 0 Å². The number of carbonyl (C=O) groups is 3. The summed E-state index contributed by atoms with van der Waals surface area (Å²) in [6.07, 6.45) is 4.48. The van der Waals surface area contributed by atoms with Crippen LogP contribution < -0.4 is 9.80 Å².